The summed E-state index contributed by atoms with van der Waals surface area (Å²) in [6, 6.07) is 59.0. The van der Waals surface area contributed by atoms with Gasteiger partial charge in [-0.2, -0.15) is 0 Å². The van der Waals surface area contributed by atoms with Crippen LogP contribution in [0, 0.1) is 83.1 Å². The summed E-state index contributed by atoms with van der Waals surface area (Å²) in [5.41, 5.74) is 30.6. The predicted octanol–water partition coefficient (Wildman–Crippen LogP) is 27.8. The first-order chi connectivity index (χ1) is 41.5. The first-order valence-electron chi connectivity index (χ1n) is 34.1. The molecule has 0 amide bonds. The highest BCUT2D eigenvalue weighted by Gasteiger charge is 2.21. The lowest BCUT2D eigenvalue weighted by Gasteiger charge is -2.26. The van der Waals surface area contributed by atoms with Crippen LogP contribution < -0.4 is 0 Å². The molecule has 8 aromatic rings. The molecular formula is C90H132. The molecule has 0 atom stereocenters. The highest BCUT2D eigenvalue weighted by molar-refractivity contribution is 5.43. The van der Waals surface area contributed by atoms with Gasteiger partial charge in [0.1, 0.15) is 0 Å². The van der Waals surface area contributed by atoms with Gasteiger partial charge in [0, 0.05) is 0 Å². The Labute approximate surface area is 557 Å². The van der Waals surface area contributed by atoms with Crippen LogP contribution in [0.2, 0.25) is 0 Å². The topological polar surface area (TPSA) is 0 Å². The van der Waals surface area contributed by atoms with Crippen LogP contribution in [-0.2, 0) is 16.2 Å². The maximum Gasteiger partial charge on any atom is -0.0129 e. The normalized spacial score (nSPS) is 11.1. The molecule has 0 aliphatic rings. The summed E-state index contributed by atoms with van der Waals surface area (Å²) in [7, 11) is 0. The van der Waals surface area contributed by atoms with Crippen molar-refractivity contribution >= 4 is 0 Å². The highest BCUT2D eigenvalue weighted by atomic mass is 14.3. The van der Waals surface area contributed by atoms with Crippen LogP contribution in [0.3, 0.4) is 0 Å². The van der Waals surface area contributed by atoms with E-state index < -0.39 is 0 Å². The summed E-state index contributed by atoms with van der Waals surface area (Å²) in [4.78, 5) is 0. The van der Waals surface area contributed by atoms with E-state index >= 15 is 0 Å². The highest BCUT2D eigenvalue weighted by Crippen LogP contribution is 2.33. The van der Waals surface area contributed by atoms with E-state index in [9.17, 15) is 0 Å². The Morgan fingerprint density at radius 1 is 0.222 bits per heavy atom. The SMILES string of the molecule is Cc1c(C(C)C)cc(C(C)C)cc1C(C)C.Cc1c(C(C)C)cccc1C(C)C.Cc1cc(C)c(C)c(C)c1.Cc1ccc(C(C)(C)C)cc1.Cc1ccc(C(C)(C)C)cc1C(C)(C)C.Cc1ccc(C(C)C)cc1.Cc1ccc(C)cc1.Cc1ccccc1. The smallest absolute Gasteiger partial charge is 0.0129 e. The fraction of sp³-hybridized carbons (Fsp3) is 0.467. The summed E-state index contributed by atoms with van der Waals surface area (Å²) < 4.78 is 0. The molecule has 0 aliphatic carbocycles. The molecule has 8 rings (SSSR count). The lowest BCUT2D eigenvalue weighted by atomic mass is 9.79. The van der Waals surface area contributed by atoms with Crippen molar-refractivity contribution in [3.05, 3.63) is 281 Å². The van der Waals surface area contributed by atoms with E-state index in [-0.39, 0.29) is 16.2 Å². The third kappa shape index (κ3) is 30.3. The third-order valence-corrected chi connectivity index (χ3v) is 16.9. The molecule has 90 heavy (non-hydrogen) atoms. The van der Waals surface area contributed by atoms with Gasteiger partial charge in [-0.3, -0.25) is 0 Å². The Kier molecular flexibility index (Phi) is 35.0. The fourth-order valence-corrected chi connectivity index (χ4v) is 10.6. The minimum atomic E-state index is 0.241. The van der Waals surface area contributed by atoms with Crippen LogP contribution in [0.4, 0.5) is 0 Å². The average Bonchev–Trinajstić information content (AvgIpc) is 1.09. The maximum atomic E-state index is 2.40. The minimum Gasteiger partial charge on any atom is -0.0622 e. The van der Waals surface area contributed by atoms with E-state index in [0.717, 1.165) is 0 Å². The number of rotatable bonds is 6. The lowest BCUT2D eigenvalue weighted by Crippen LogP contribution is -2.17. The van der Waals surface area contributed by atoms with E-state index in [1.54, 1.807) is 0 Å². The minimum absolute atomic E-state index is 0.241. The molecule has 0 N–H and O–H groups in total. The Morgan fingerprint density at radius 2 is 0.544 bits per heavy atom. The Bertz CT molecular complexity index is 3170. The van der Waals surface area contributed by atoms with E-state index in [4.69, 9.17) is 0 Å². The van der Waals surface area contributed by atoms with Gasteiger partial charge in [0.05, 0.1) is 0 Å². The van der Waals surface area contributed by atoms with Crippen LogP contribution in [0.15, 0.2) is 164 Å². The van der Waals surface area contributed by atoms with E-state index in [2.05, 4.69) is 374 Å². The maximum absolute atomic E-state index is 2.40. The molecule has 0 aliphatic heterocycles. The van der Waals surface area contributed by atoms with Gasteiger partial charge in [-0.15, -0.1) is 0 Å². The molecular weight excluding hydrogens is 1080 g/mol. The third-order valence-electron chi connectivity index (χ3n) is 16.9. The zero-order chi connectivity index (χ0) is 69.2. The van der Waals surface area contributed by atoms with Crippen LogP contribution in [0.5, 0.6) is 0 Å². The quantitative estimate of drug-likeness (QED) is 0.156. The summed E-state index contributed by atoms with van der Waals surface area (Å²) in [5.74, 6) is 3.79. The Balaban J connectivity index is 0.000000520. The fourth-order valence-electron chi connectivity index (χ4n) is 10.6. The van der Waals surface area contributed by atoms with Crippen molar-refractivity contribution in [1.29, 1.82) is 0 Å². The van der Waals surface area contributed by atoms with Crippen LogP contribution in [-0.4, -0.2) is 0 Å². The van der Waals surface area contributed by atoms with E-state index in [1.807, 2.05) is 18.2 Å². The first-order valence-corrected chi connectivity index (χ1v) is 34.1. The number of hydrogen-bond donors (Lipinski definition) is 0. The van der Waals surface area contributed by atoms with Crippen molar-refractivity contribution in [2.45, 2.75) is 280 Å². The van der Waals surface area contributed by atoms with E-state index in [0.29, 0.717) is 35.5 Å². The van der Waals surface area contributed by atoms with Crippen molar-refractivity contribution in [1.82, 2.24) is 0 Å². The average molecular weight is 1210 g/mol. The molecule has 0 nitrogen and oxygen atoms in total. The van der Waals surface area contributed by atoms with Crippen LogP contribution >= 0.6 is 0 Å². The zero-order valence-corrected chi connectivity index (χ0v) is 64.1. The molecule has 0 spiro atoms. The van der Waals surface area contributed by atoms with Crippen molar-refractivity contribution < 1.29 is 0 Å². The second-order valence-electron chi connectivity index (χ2n) is 30.7. The molecule has 0 saturated carbocycles. The number of aryl methyl sites for hydroxylation is 9. The summed E-state index contributed by atoms with van der Waals surface area (Å²) in [6.07, 6.45) is 0. The summed E-state index contributed by atoms with van der Waals surface area (Å²) in [5, 5.41) is 0. The van der Waals surface area contributed by atoms with Crippen molar-refractivity contribution in [2.75, 3.05) is 0 Å². The van der Waals surface area contributed by atoms with E-state index in [1.165, 1.54) is 117 Å². The van der Waals surface area contributed by atoms with Crippen molar-refractivity contribution in [2.24, 2.45) is 0 Å². The van der Waals surface area contributed by atoms with Gasteiger partial charge in [0.15, 0.2) is 0 Å². The molecule has 0 saturated heterocycles. The monoisotopic (exact) mass is 1210 g/mol. The molecule has 492 valence electrons. The van der Waals surface area contributed by atoms with Gasteiger partial charge >= 0.3 is 0 Å². The van der Waals surface area contributed by atoms with Gasteiger partial charge < -0.3 is 0 Å². The number of benzene rings is 8. The standard InChI is InChI=1S/C16H26.C15H24.C13H20.C11H16.2C10H14.C8H10.C7H8/c1-10(2)14-8-15(11(3)4)13(7)16(9-14)12(5)6;1-11-8-9-12(14(2,3)4)10-13(11)15(5,6)7;1-9(2)12-7-6-8-13(10(3)4)11(12)5;1-9-5-7-10(8-6-9)11(2,3)4;1-7-5-8(2)10(4)9(3)6-7;1-8(2)10-6-4-9(3)5-7-10;1-7-3-5-8(2)6-4-7;1-7-5-3-2-4-6-7/h8-12H,1-7H3;8-10H,1-7H3;6-10H,1-5H3;5-8H,1-4H3;5-6H,1-4H3;4-8H,1-3H3;3-6H,1-2H3;2-6H,1H3. The van der Waals surface area contributed by atoms with Gasteiger partial charge in [0.2, 0.25) is 0 Å². The molecule has 8 aromatic carbocycles. The molecule has 0 unspecified atom stereocenters. The van der Waals surface area contributed by atoms with Crippen LogP contribution in [0.25, 0.3) is 0 Å². The summed E-state index contributed by atoms with van der Waals surface area (Å²) >= 11 is 0. The Morgan fingerprint density at radius 3 is 0.856 bits per heavy atom. The van der Waals surface area contributed by atoms with Crippen LogP contribution in [0.1, 0.15) is 298 Å². The lowest BCUT2D eigenvalue weighted by molar-refractivity contribution is 0.566. The van der Waals surface area contributed by atoms with Crippen molar-refractivity contribution in [3.63, 3.8) is 0 Å². The van der Waals surface area contributed by atoms with Gasteiger partial charge in [0.25, 0.3) is 0 Å². The second kappa shape index (κ2) is 38.6. The molecule has 0 heteroatoms. The van der Waals surface area contributed by atoms with Gasteiger partial charge in [-0.25, -0.2) is 0 Å². The second-order valence-corrected chi connectivity index (χ2v) is 30.7. The number of hydrogen-bond acceptors (Lipinski definition) is 0. The molecule has 0 aromatic heterocycles. The first kappa shape index (κ1) is 81.8. The Hall–Kier alpha value is -6.24. The summed E-state index contributed by atoms with van der Waals surface area (Å²) in [6.45, 7) is 73.4. The zero-order valence-electron chi connectivity index (χ0n) is 64.1. The molecule has 0 heterocycles. The van der Waals surface area contributed by atoms with Crippen molar-refractivity contribution in [3.8, 4) is 0 Å². The van der Waals surface area contributed by atoms with Gasteiger partial charge in [-0.05, 0) is 218 Å². The molecule has 0 bridgehead atoms. The molecule has 0 radical (unpaired) electrons. The predicted molar refractivity (Wildman–Crippen MR) is 409 cm³/mol. The molecule has 0 fully saturated rings. The van der Waals surface area contributed by atoms with Gasteiger partial charge in [-0.1, -0.05) is 343 Å². The largest absolute Gasteiger partial charge is 0.0622 e.